The third-order valence-electron chi connectivity index (χ3n) is 6.18. The molecule has 1 fully saturated rings. The van der Waals surface area contributed by atoms with Gasteiger partial charge in [-0.15, -0.1) is 0 Å². The zero-order valence-corrected chi connectivity index (χ0v) is 23.2. The summed E-state index contributed by atoms with van der Waals surface area (Å²) in [6, 6.07) is 8.70. The third kappa shape index (κ3) is 7.16. The number of H-pyrrole nitrogens is 1. The fraction of sp³-hybridized carbons (Fsp3) is 0.375. The van der Waals surface area contributed by atoms with E-state index < -0.39 is 75.0 Å². The van der Waals surface area contributed by atoms with Gasteiger partial charge in [0.2, 0.25) is 11.5 Å². The number of fused-ring (bicyclic) bond motifs is 1. The van der Waals surface area contributed by atoms with Crippen LogP contribution in [0.5, 0.6) is 11.5 Å². The van der Waals surface area contributed by atoms with Gasteiger partial charge in [0, 0.05) is 22.6 Å². The third-order valence-corrected chi connectivity index (χ3v) is 7.05. The zero-order chi connectivity index (χ0) is 32.2. The SMILES string of the molecule is C[C@H](N=[P+]([O-])Oc1c(OCC2(N=[N+]=[N-])O[C@@H](n3ccc(=O)[nH]c3=O)[C@H](O)[C@@H]2O)ccc2ccccc12)C(=O)OCC(F)(F)F. The van der Waals surface area contributed by atoms with E-state index in [2.05, 4.69) is 19.5 Å². The molecule has 2 heterocycles. The smallest absolute Gasteiger partial charge is 0.422 e. The van der Waals surface area contributed by atoms with Gasteiger partial charge in [-0.25, -0.2) is 9.59 Å². The molecule has 6 atom stereocenters. The van der Waals surface area contributed by atoms with E-state index in [0.29, 0.717) is 10.8 Å². The van der Waals surface area contributed by atoms with Gasteiger partial charge in [0.05, 0.1) is 0 Å². The number of carbonyl (C=O) groups is 1. The molecule has 44 heavy (non-hydrogen) atoms. The topological polar surface area (TPSA) is 233 Å². The van der Waals surface area contributed by atoms with Gasteiger partial charge in [0.1, 0.15) is 18.8 Å². The molecule has 0 spiro atoms. The quantitative estimate of drug-likeness (QED) is 0.0953. The zero-order valence-electron chi connectivity index (χ0n) is 22.3. The van der Waals surface area contributed by atoms with Crippen molar-refractivity contribution in [1.29, 1.82) is 0 Å². The summed E-state index contributed by atoms with van der Waals surface area (Å²) in [5.74, 6) is -1.81. The Morgan fingerprint density at radius 1 is 1.27 bits per heavy atom. The summed E-state index contributed by atoms with van der Waals surface area (Å²) in [4.78, 5) is 52.9. The minimum absolute atomic E-state index is 0.183. The summed E-state index contributed by atoms with van der Waals surface area (Å²) in [5, 5.41) is 25.8. The molecular weight excluding hydrogens is 620 g/mol. The van der Waals surface area contributed by atoms with Crippen molar-refractivity contribution in [3.8, 4) is 11.5 Å². The molecule has 16 nitrogen and oxygen atoms in total. The van der Waals surface area contributed by atoms with Crippen molar-refractivity contribution in [2.24, 2.45) is 9.86 Å². The van der Waals surface area contributed by atoms with Crippen molar-refractivity contribution in [2.45, 2.75) is 43.3 Å². The van der Waals surface area contributed by atoms with E-state index in [1.807, 2.05) is 4.98 Å². The van der Waals surface area contributed by atoms with Crippen molar-refractivity contribution in [2.75, 3.05) is 13.2 Å². The molecule has 0 saturated carbocycles. The fourth-order valence-corrected chi connectivity index (χ4v) is 4.87. The Morgan fingerprint density at radius 3 is 2.68 bits per heavy atom. The predicted molar refractivity (Wildman–Crippen MR) is 141 cm³/mol. The maximum Gasteiger partial charge on any atom is 0.422 e. The van der Waals surface area contributed by atoms with Crippen LogP contribution < -0.4 is 25.4 Å². The number of ether oxygens (including phenoxy) is 3. The number of aliphatic hydroxyl groups is 2. The van der Waals surface area contributed by atoms with Crippen LogP contribution in [0, 0.1) is 0 Å². The van der Waals surface area contributed by atoms with Crippen LogP contribution in [0.3, 0.4) is 0 Å². The van der Waals surface area contributed by atoms with Crippen LogP contribution in [0.15, 0.2) is 68.1 Å². The number of aromatic nitrogens is 2. The Bertz CT molecular complexity index is 1740. The highest BCUT2D eigenvalue weighted by Crippen LogP contribution is 2.43. The normalized spacial score (nSPS) is 22.7. The second kappa shape index (κ2) is 13.0. The Balaban J connectivity index is 1.63. The van der Waals surface area contributed by atoms with Gasteiger partial charge < -0.3 is 29.3 Å². The van der Waals surface area contributed by atoms with Gasteiger partial charge in [0.25, 0.3) is 5.56 Å². The Morgan fingerprint density at radius 2 is 2.00 bits per heavy atom. The minimum Gasteiger partial charge on any atom is -0.575 e. The van der Waals surface area contributed by atoms with Gasteiger partial charge >= 0.3 is 26.0 Å². The molecule has 3 N–H and O–H groups in total. The number of nitrogens with one attached hydrogen (secondary N) is 1. The van der Waals surface area contributed by atoms with Crippen LogP contribution >= 0.6 is 8.17 Å². The van der Waals surface area contributed by atoms with Crippen LogP contribution in [-0.4, -0.2) is 69.1 Å². The molecule has 4 rings (SSSR count). The van der Waals surface area contributed by atoms with Crippen molar-refractivity contribution in [1.82, 2.24) is 9.55 Å². The summed E-state index contributed by atoms with van der Waals surface area (Å²) in [7, 11) is -3.11. The molecule has 1 saturated heterocycles. The first-order valence-corrected chi connectivity index (χ1v) is 13.5. The lowest BCUT2D eigenvalue weighted by Gasteiger charge is -2.27. The molecule has 1 aliphatic rings. The number of hydrogen-bond donors (Lipinski definition) is 3. The number of carbonyl (C=O) groups excluding carboxylic acids is 1. The second-order valence-corrected chi connectivity index (χ2v) is 10.1. The lowest BCUT2D eigenvalue weighted by molar-refractivity contribution is -0.187. The molecule has 234 valence electrons. The summed E-state index contributed by atoms with van der Waals surface area (Å²) in [6.45, 7) is -1.63. The molecule has 3 aromatic rings. The van der Waals surface area contributed by atoms with Gasteiger partial charge in [-0.05, 0) is 23.9 Å². The summed E-state index contributed by atoms with van der Waals surface area (Å²) < 4.78 is 62.3. The summed E-state index contributed by atoms with van der Waals surface area (Å²) in [5.41, 5.74) is 5.11. The monoisotopic (exact) mass is 642 g/mol. The molecule has 2 aromatic carbocycles. The van der Waals surface area contributed by atoms with E-state index in [1.54, 1.807) is 24.3 Å². The summed E-state index contributed by atoms with van der Waals surface area (Å²) >= 11 is 0. The Labute approximate surface area is 244 Å². The average Bonchev–Trinajstić information content (AvgIpc) is 3.20. The number of nitrogens with zero attached hydrogens (tertiary/aromatic N) is 5. The molecule has 0 amide bonds. The maximum atomic E-state index is 12.8. The first-order valence-electron chi connectivity index (χ1n) is 12.4. The van der Waals surface area contributed by atoms with Gasteiger partial charge in [0.15, 0.2) is 24.6 Å². The Hall–Kier alpha value is -4.51. The molecule has 20 heteroatoms. The number of halogens is 3. The highest BCUT2D eigenvalue weighted by molar-refractivity contribution is 7.34. The number of esters is 1. The van der Waals surface area contributed by atoms with E-state index in [4.69, 9.17) is 14.0 Å². The first kappa shape index (κ1) is 32.4. The van der Waals surface area contributed by atoms with E-state index >= 15 is 0 Å². The predicted octanol–water partition coefficient (Wildman–Crippen LogP) is 1.75. The van der Waals surface area contributed by atoms with Crippen LogP contribution in [0.4, 0.5) is 13.2 Å². The number of azide groups is 1. The van der Waals surface area contributed by atoms with Crippen molar-refractivity contribution < 1.29 is 51.8 Å². The standard InChI is InChI=1S/C24H22F3N6O10P/c1-12(21(37)41-11-24(25,26)27)30-44(39)43-18-14-5-3-2-4-13(14)6-7-15(18)40-10-23(31-32-28)19(36)17(35)20(42-23)33-9-8-16(34)29-22(33)38/h2-9,12,17,19-20,35-36H,10-11H2,1H3,(H,29,34,38)/t12-,17+,19-,20+,23?/m0/s1. The van der Waals surface area contributed by atoms with Crippen LogP contribution in [0.25, 0.3) is 21.2 Å². The number of aliphatic hydroxyl groups excluding tert-OH is 2. The Kier molecular flexibility index (Phi) is 9.58. The van der Waals surface area contributed by atoms with Crippen molar-refractivity contribution in [3.05, 3.63) is 79.9 Å². The molecule has 1 aromatic heterocycles. The number of aromatic amines is 1. The van der Waals surface area contributed by atoms with Crippen molar-refractivity contribution >= 4 is 24.9 Å². The average molecular weight is 642 g/mol. The molecule has 0 aliphatic carbocycles. The maximum absolute atomic E-state index is 12.8. The first-order chi connectivity index (χ1) is 20.7. The largest absolute Gasteiger partial charge is 0.575 e. The number of benzene rings is 2. The highest BCUT2D eigenvalue weighted by Gasteiger charge is 2.56. The van der Waals surface area contributed by atoms with Crippen LogP contribution in [0.1, 0.15) is 13.2 Å². The molecule has 0 radical (unpaired) electrons. The number of hydrogen-bond acceptors (Lipinski definition) is 12. The lowest BCUT2D eigenvalue weighted by Crippen LogP contribution is -2.46. The lowest BCUT2D eigenvalue weighted by atomic mass is 10.1. The molecule has 1 aliphatic heterocycles. The molecule has 2 unspecified atom stereocenters. The molecule has 0 bridgehead atoms. The second-order valence-electron chi connectivity index (χ2n) is 9.24. The van der Waals surface area contributed by atoms with E-state index in [-0.39, 0.29) is 11.5 Å². The van der Waals surface area contributed by atoms with Gasteiger partial charge in [-0.1, -0.05) is 40.2 Å². The van der Waals surface area contributed by atoms with E-state index in [1.165, 1.54) is 12.1 Å². The number of rotatable bonds is 10. The van der Waals surface area contributed by atoms with Crippen LogP contribution in [0.2, 0.25) is 0 Å². The molecular formula is C24H22F3N6O10P. The summed E-state index contributed by atoms with van der Waals surface area (Å²) in [6.07, 6.45) is -9.25. The number of alkyl halides is 3. The van der Waals surface area contributed by atoms with Gasteiger partial charge in [-0.2, -0.15) is 13.2 Å². The van der Waals surface area contributed by atoms with E-state index in [9.17, 15) is 48.2 Å². The van der Waals surface area contributed by atoms with Crippen molar-refractivity contribution in [3.63, 3.8) is 0 Å². The fourth-order valence-electron chi connectivity index (χ4n) is 4.10. The van der Waals surface area contributed by atoms with Gasteiger partial charge in [-0.3, -0.25) is 18.9 Å². The van der Waals surface area contributed by atoms with E-state index in [0.717, 1.165) is 23.8 Å². The minimum atomic E-state index is -4.78. The van der Waals surface area contributed by atoms with Crippen LogP contribution in [-0.2, 0) is 14.3 Å². The highest BCUT2D eigenvalue weighted by atomic mass is 31.1.